The molecule has 64 heavy (non-hydrogen) atoms. The van der Waals surface area contributed by atoms with Crippen LogP contribution in [0.2, 0.25) is 20.1 Å². The number of thiophene rings is 2. The third-order valence-corrected chi connectivity index (χ3v) is 17.8. The number of hydrogen-bond donors (Lipinski definition) is 4. The molecule has 13 nitrogen and oxygen atoms in total. The van der Waals surface area contributed by atoms with Crippen LogP contribution in [0.25, 0.3) is 32.5 Å². The Morgan fingerprint density at radius 1 is 0.641 bits per heavy atom. The van der Waals surface area contributed by atoms with E-state index in [0.29, 0.717) is 128 Å². The predicted octanol–water partition coefficient (Wildman–Crippen LogP) is 10.6. The summed E-state index contributed by atoms with van der Waals surface area (Å²) in [5.74, 6) is 0. The van der Waals surface area contributed by atoms with Crippen LogP contribution < -0.4 is 0 Å². The quantitative estimate of drug-likeness (QED) is 0.0534. The van der Waals surface area contributed by atoms with Crippen LogP contribution in [0.5, 0.6) is 0 Å². The molecular weight excluding hydrogens is 985 g/mol. The molecule has 0 amide bonds. The average Bonchev–Trinajstić information content (AvgIpc) is 3.98. The van der Waals surface area contributed by atoms with E-state index in [1.807, 2.05) is 7.05 Å². The fourth-order valence-electron chi connectivity index (χ4n) is 8.65. The zero-order valence-electron chi connectivity index (χ0n) is 34.5. The molecule has 21 heteroatoms. The van der Waals surface area contributed by atoms with E-state index in [1.54, 1.807) is 45.8 Å². The molecule has 8 rings (SSSR count). The summed E-state index contributed by atoms with van der Waals surface area (Å²) in [6.07, 6.45) is 6.00. The molecular formula is C43H45Cl4N5O8S4. The third kappa shape index (κ3) is 10.0. The summed E-state index contributed by atoms with van der Waals surface area (Å²) in [7, 11) is -6.82. The largest absolute Gasteiger partial charge is 0.387 e. The lowest BCUT2D eigenvalue weighted by Gasteiger charge is -2.17. The van der Waals surface area contributed by atoms with Crippen LogP contribution in [-0.2, 0) is 45.9 Å². The van der Waals surface area contributed by atoms with E-state index in [1.165, 1.54) is 12.1 Å². The molecule has 342 valence electrons. The Labute approximate surface area is 399 Å². The highest BCUT2D eigenvalue weighted by Crippen LogP contribution is 2.46. The number of hydrogen-bond acceptors (Lipinski definition) is 11. The summed E-state index contributed by atoms with van der Waals surface area (Å²) in [5.41, 5.74) is 6.59. The topological polar surface area (TPSA) is 188 Å². The molecule has 0 radical (unpaired) electrons. The van der Waals surface area contributed by atoms with Crippen molar-refractivity contribution in [3.63, 3.8) is 0 Å². The van der Waals surface area contributed by atoms with E-state index < -0.39 is 32.4 Å². The maximum Gasteiger partial charge on any atom is 0.304 e. The SMILES string of the molecule is CN(CCCCC(O)c1nn(-c2ccc(Cl)cc2Cl)c2c1CCCc1cc(S(=O)(=O)O)sc1-2)CCCCC(O)c1nn(-c2ccc(Cl)cc2Cl)c2c1CCCc1cc(S(=O)(=O)O)sc1-2. The van der Waals surface area contributed by atoms with Crippen molar-refractivity contribution in [2.45, 2.75) is 97.7 Å². The second-order valence-corrected chi connectivity index (χ2v) is 23.4. The molecule has 6 aromatic rings. The summed E-state index contributed by atoms with van der Waals surface area (Å²) in [6.45, 7) is 1.57. The Hall–Kier alpha value is -2.88. The molecule has 0 saturated carbocycles. The van der Waals surface area contributed by atoms with Gasteiger partial charge in [0.15, 0.2) is 0 Å². The third-order valence-electron chi connectivity index (χ3n) is 11.7. The molecule has 0 bridgehead atoms. The molecule has 2 unspecified atom stereocenters. The van der Waals surface area contributed by atoms with Crippen LogP contribution in [-0.4, -0.2) is 80.8 Å². The summed E-state index contributed by atoms with van der Waals surface area (Å²) in [6, 6.07) is 13.1. The van der Waals surface area contributed by atoms with Gasteiger partial charge in [-0.3, -0.25) is 9.11 Å². The fourth-order valence-corrected chi connectivity index (χ4v) is 13.6. The number of aryl methyl sites for hydroxylation is 2. The number of halogens is 4. The number of fused-ring (bicyclic) bond motifs is 6. The second kappa shape index (κ2) is 19.4. The number of aliphatic hydroxyl groups excluding tert-OH is 2. The Bertz CT molecular complexity index is 2750. The van der Waals surface area contributed by atoms with Crippen molar-refractivity contribution in [2.75, 3.05) is 20.1 Å². The minimum Gasteiger partial charge on any atom is -0.387 e. The van der Waals surface area contributed by atoms with Crippen LogP contribution in [0.1, 0.15) is 97.2 Å². The van der Waals surface area contributed by atoms with Gasteiger partial charge < -0.3 is 15.1 Å². The highest BCUT2D eigenvalue weighted by molar-refractivity contribution is 7.88. The molecule has 2 aliphatic carbocycles. The number of unbranched alkanes of at least 4 members (excludes halogenated alkanes) is 2. The van der Waals surface area contributed by atoms with Crippen LogP contribution in [0, 0.1) is 0 Å². The molecule has 2 aliphatic rings. The van der Waals surface area contributed by atoms with E-state index in [0.717, 1.165) is 70.9 Å². The summed E-state index contributed by atoms with van der Waals surface area (Å²) in [5, 5.41) is 34.6. The maximum atomic E-state index is 12.1. The highest BCUT2D eigenvalue weighted by Gasteiger charge is 2.33. The molecule has 2 aromatic carbocycles. The molecule has 0 aliphatic heterocycles. The number of aliphatic hydroxyl groups is 2. The van der Waals surface area contributed by atoms with Gasteiger partial charge in [-0.05, 0) is 157 Å². The highest BCUT2D eigenvalue weighted by atomic mass is 35.5. The van der Waals surface area contributed by atoms with Crippen LogP contribution in [0.3, 0.4) is 0 Å². The van der Waals surface area contributed by atoms with Gasteiger partial charge >= 0.3 is 20.2 Å². The minimum absolute atomic E-state index is 0.150. The molecule has 0 fully saturated rings. The lowest BCUT2D eigenvalue weighted by Crippen LogP contribution is -2.21. The average molecular weight is 1030 g/mol. The van der Waals surface area contributed by atoms with Gasteiger partial charge in [0.2, 0.25) is 0 Å². The lowest BCUT2D eigenvalue weighted by molar-refractivity contribution is 0.153. The minimum atomic E-state index is -4.43. The molecule has 4 heterocycles. The number of nitrogens with zero attached hydrogens (tertiary/aromatic N) is 5. The zero-order chi connectivity index (χ0) is 45.7. The normalized spacial score (nSPS) is 15.0. The Kier molecular flexibility index (Phi) is 14.4. The standard InChI is InChI=1S/C43H45Cl4N5O8S4/c1-50(18-4-2-12-34(53)38-28-10-6-8-24-20-36(63(55,56)57)61-42(24)40(28)51(48-38)32-16-14-26(44)22-30(32)46)19-5-3-13-35(54)39-29-11-7-9-25-21-37(64(58,59)60)62-43(25)41(29)52(49-39)33-17-15-27(45)23-31(33)47/h14-17,20-23,34-35,53-54H,2-13,18-19H2,1H3,(H,55,56,57)(H,58,59,60). The second-order valence-electron chi connectivity index (χ2n) is 16.3. The first-order chi connectivity index (χ1) is 30.4. The smallest absolute Gasteiger partial charge is 0.304 e. The Morgan fingerprint density at radius 3 is 1.42 bits per heavy atom. The summed E-state index contributed by atoms with van der Waals surface area (Å²) >= 11 is 27.7. The first-order valence-corrected chi connectivity index (χ1v) is 26.8. The van der Waals surface area contributed by atoms with Crippen molar-refractivity contribution in [3.8, 4) is 32.5 Å². The van der Waals surface area contributed by atoms with Gasteiger partial charge in [-0.15, -0.1) is 22.7 Å². The van der Waals surface area contributed by atoms with Crippen LogP contribution in [0.4, 0.5) is 0 Å². The van der Waals surface area contributed by atoms with E-state index in [-0.39, 0.29) is 8.42 Å². The molecule has 2 atom stereocenters. The van der Waals surface area contributed by atoms with Crippen molar-refractivity contribution in [1.29, 1.82) is 0 Å². The Morgan fingerprint density at radius 2 is 1.05 bits per heavy atom. The Balaban J connectivity index is 0.905. The molecule has 4 aromatic heterocycles. The summed E-state index contributed by atoms with van der Waals surface area (Å²) < 4.78 is 71.4. The van der Waals surface area contributed by atoms with Gasteiger partial charge in [-0.1, -0.05) is 46.4 Å². The number of aromatic nitrogens is 4. The lowest BCUT2D eigenvalue weighted by atomic mass is 10.0. The van der Waals surface area contributed by atoms with Gasteiger partial charge in [0.05, 0.1) is 66.2 Å². The van der Waals surface area contributed by atoms with Gasteiger partial charge in [-0.25, -0.2) is 9.36 Å². The predicted molar refractivity (Wildman–Crippen MR) is 253 cm³/mol. The maximum absolute atomic E-state index is 12.1. The van der Waals surface area contributed by atoms with Crippen LogP contribution in [0.15, 0.2) is 56.9 Å². The van der Waals surface area contributed by atoms with E-state index in [9.17, 15) is 36.2 Å². The number of benzene rings is 2. The first-order valence-electron chi connectivity index (χ1n) is 20.8. The molecule has 0 saturated heterocycles. The van der Waals surface area contributed by atoms with Crippen molar-refractivity contribution in [2.24, 2.45) is 0 Å². The van der Waals surface area contributed by atoms with Crippen molar-refractivity contribution in [1.82, 2.24) is 24.5 Å². The van der Waals surface area contributed by atoms with E-state index in [2.05, 4.69) is 4.90 Å². The van der Waals surface area contributed by atoms with Crippen molar-refractivity contribution < 1.29 is 36.2 Å². The zero-order valence-corrected chi connectivity index (χ0v) is 40.8. The van der Waals surface area contributed by atoms with Crippen molar-refractivity contribution >= 4 is 89.3 Å². The van der Waals surface area contributed by atoms with Gasteiger partial charge in [0.1, 0.15) is 8.42 Å². The van der Waals surface area contributed by atoms with Crippen molar-refractivity contribution in [3.05, 3.63) is 102 Å². The van der Waals surface area contributed by atoms with Gasteiger partial charge in [0, 0.05) is 21.2 Å². The number of rotatable bonds is 16. The van der Waals surface area contributed by atoms with Crippen LogP contribution >= 0.6 is 69.1 Å². The van der Waals surface area contributed by atoms with E-state index in [4.69, 9.17) is 56.6 Å². The van der Waals surface area contributed by atoms with Gasteiger partial charge in [0.25, 0.3) is 0 Å². The monoisotopic (exact) mass is 1030 g/mol. The summed E-state index contributed by atoms with van der Waals surface area (Å²) in [4.78, 5) is 3.54. The van der Waals surface area contributed by atoms with Gasteiger partial charge in [-0.2, -0.15) is 27.0 Å². The molecule has 0 spiro atoms. The first kappa shape index (κ1) is 47.6. The van der Waals surface area contributed by atoms with E-state index >= 15 is 0 Å². The molecule has 4 N–H and O–H groups in total. The fraction of sp³-hybridized carbons (Fsp3) is 0.395.